The van der Waals surface area contributed by atoms with Gasteiger partial charge in [-0.2, -0.15) is 0 Å². The first-order valence-electron chi connectivity index (χ1n) is 11.6. The van der Waals surface area contributed by atoms with E-state index in [9.17, 15) is 0 Å². The van der Waals surface area contributed by atoms with Crippen molar-refractivity contribution < 1.29 is 21.7 Å². The summed E-state index contributed by atoms with van der Waals surface area (Å²) >= 11 is 0. The van der Waals surface area contributed by atoms with Gasteiger partial charge >= 0.3 is 21.7 Å². The molecule has 1 aromatic rings. The second-order valence-corrected chi connectivity index (χ2v) is 7.79. The topological polar surface area (TPSA) is 69.3 Å². The summed E-state index contributed by atoms with van der Waals surface area (Å²) in [5.74, 6) is 0. The summed E-state index contributed by atoms with van der Waals surface area (Å²) in [6.07, 6.45) is 14.5. The molecule has 4 rings (SSSR count). The van der Waals surface area contributed by atoms with Crippen LogP contribution >= 0.6 is 0 Å². The van der Waals surface area contributed by atoms with Crippen LogP contribution in [0.4, 0.5) is 0 Å². The average molecular weight is 437 g/mol. The number of hydrogen-bond acceptors (Lipinski definition) is 1. The maximum atomic E-state index is 4.18. The number of piperidine rings is 3. The summed E-state index contributed by atoms with van der Waals surface area (Å²) in [7, 11) is 0. The Kier molecular flexibility index (Phi) is 20.9. The SMILES string of the molecule is C1CC[N-]CC1.C1CC[N-]CC1.C1CC[N-]CC1.CCCc1c(C)n[n-]c1C.[Ti+4]. The number of rotatable bonds is 2. The molecule has 29 heavy (non-hydrogen) atoms. The van der Waals surface area contributed by atoms with Gasteiger partial charge in [0.1, 0.15) is 0 Å². The molecule has 0 N–H and O–H groups in total. The van der Waals surface area contributed by atoms with Crippen LogP contribution in [0.5, 0.6) is 0 Å². The maximum Gasteiger partial charge on any atom is 4.00 e. The predicted molar refractivity (Wildman–Crippen MR) is 122 cm³/mol. The van der Waals surface area contributed by atoms with Crippen molar-refractivity contribution in [3.8, 4) is 0 Å². The van der Waals surface area contributed by atoms with Gasteiger partial charge in [0.2, 0.25) is 0 Å². The molecule has 0 spiro atoms. The third kappa shape index (κ3) is 16.2. The summed E-state index contributed by atoms with van der Waals surface area (Å²) in [4.78, 5) is 0. The molecule has 0 radical (unpaired) electrons. The van der Waals surface area contributed by atoms with E-state index in [1.54, 1.807) is 0 Å². The quantitative estimate of drug-likeness (QED) is 0.514. The molecule has 5 nitrogen and oxygen atoms in total. The average Bonchev–Trinajstić information content (AvgIpc) is 3.11. The van der Waals surface area contributed by atoms with Crippen LogP contribution in [0.1, 0.15) is 88.1 Å². The van der Waals surface area contributed by atoms with Gasteiger partial charge in [0.15, 0.2) is 0 Å². The summed E-state index contributed by atoms with van der Waals surface area (Å²) in [6.45, 7) is 13.0. The van der Waals surface area contributed by atoms with Crippen molar-refractivity contribution in [3.05, 3.63) is 32.9 Å². The molecule has 3 fully saturated rings. The third-order valence-electron chi connectivity index (χ3n) is 5.12. The minimum absolute atomic E-state index is 0. The Morgan fingerprint density at radius 2 is 1.03 bits per heavy atom. The molecule has 0 unspecified atom stereocenters. The predicted octanol–water partition coefficient (Wildman–Crippen LogP) is 6.24. The molecule has 3 aliphatic rings. The molecular weight excluding hydrogens is 394 g/mol. The first-order valence-corrected chi connectivity index (χ1v) is 11.6. The summed E-state index contributed by atoms with van der Waals surface area (Å²) in [5, 5.41) is 20.5. The van der Waals surface area contributed by atoms with Crippen LogP contribution in [-0.4, -0.2) is 44.4 Å². The zero-order valence-electron chi connectivity index (χ0n) is 19.3. The van der Waals surface area contributed by atoms with Crippen LogP contribution in [0.25, 0.3) is 16.0 Å². The van der Waals surface area contributed by atoms with Crippen LogP contribution < -0.4 is 5.10 Å². The molecule has 6 heteroatoms. The van der Waals surface area contributed by atoms with Gasteiger partial charge in [-0.3, -0.25) is 0 Å². The molecular formula is C23H43N5Ti. The van der Waals surface area contributed by atoms with E-state index in [0.717, 1.165) is 57.1 Å². The van der Waals surface area contributed by atoms with Gasteiger partial charge < -0.3 is 26.1 Å². The fourth-order valence-corrected chi connectivity index (χ4v) is 3.35. The Balaban J connectivity index is 0.000000366. The number of aryl methyl sites for hydroxylation is 2. The molecule has 164 valence electrons. The fraction of sp³-hybridized carbons (Fsp3) is 0.870. The van der Waals surface area contributed by atoms with Crippen molar-refractivity contribution in [2.24, 2.45) is 0 Å². The van der Waals surface area contributed by atoms with Gasteiger partial charge in [0.25, 0.3) is 0 Å². The van der Waals surface area contributed by atoms with E-state index < -0.39 is 0 Å². The van der Waals surface area contributed by atoms with Crippen LogP contribution in [0.3, 0.4) is 0 Å². The van der Waals surface area contributed by atoms with Gasteiger partial charge in [-0.1, -0.05) is 78.1 Å². The fourth-order valence-electron chi connectivity index (χ4n) is 3.35. The van der Waals surface area contributed by atoms with E-state index in [0.29, 0.717) is 0 Å². The Bertz CT molecular complexity index is 370. The molecule has 0 amide bonds. The summed E-state index contributed by atoms with van der Waals surface area (Å²) < 4.78 is 0. The molecule has 0 aromatic carbocycles. The normalized spacial score (nSPS) is 18.4. The van der Waals surface area contributed by atoms with Crippen molar-refractivity contribution in [2.75, 3.05) is 39.3 Å². The van der Waals surface area contributed by atoms with Crippen molar-refractivity contribution in [3.63, 3.8) is 0 Å². The van der Waals surface area contributed by atoms with E-state index in [1.807, 2.05) is 13.8 Å². The van der Waals surface area contributed by atoms with Gasteiger partial charge in [-0.15, -0.1) is 45.0 Å². The van der Waals surface area contributed by atoms with Gasteiger partial charge in [0.05, 0.1) is 0 Å². The van der Waals surface area contributed by atoms with E-state index in [1.165, 1.54) is 69.8 Å². The molecule has 0 bridgehead atoms. The van der Waals surface area contributed by atoms with Crippen LogP contribution in [0, 0.1) is 13.8 Å². The third-order valence-corrected chi connectivity index (χ3v) is 5.12. The zero-order valence-corrected chi connectivity index (χ0v) is 20.8. The van der Waals surface area contributed by atoms with Crippen molar-refractivity contribution in [1.29, 1.82) is 0 Å². The number of nitrogens with zero attached hydrogens (tertiary/aromatic N) is 5. The second-order valence-electron chi connectivity index (χ2n) is 7.79. The maximum absolute atomic E-state index is 4.18. The van der Waals surface area contributed by atoms with E-state index in [-0.39, 0.29) is 21.7 Å². The molecule has 1 aromatic heterocycles. The number of aromatic nitrogens is 2. The Morgan fingerprint density at radius 1 is 0.655 bits per heavy atom. The van der Waals surface area contributed by atoms with Crippen LogP contribution in [0.2, 0.25) is 0 Å². The smallest absolute Gasteiger partial charge is 0.662 e. The van der Waals surface area contributed by atoms with Crippen LogP contribution in [-0.2, 0) is 28.1 Å². The summed E-state index contributed by atoms with van der Waals surface area (Å²) in [5.41, 5.74) is 3.53. The number of hydrogen-bond donors (Lipinski definition) is 0. The molecule has 3 aliphatic heterocycles. The Hall–Kier alpha value is -0.196. The summed E-state index contributed by atoms with van der Waals surface area (Å²) in [6, 6.07) is 0. The largest absolute Gasteiger partial charge is 4.00 e. The molecule has 4 heterocycles. The molecule has 3 saturated heterocycles. The first-order chi connectivity index (χ1) is 13.8. The monoisotopic (exact) mass is 437 g/mol. The van der Waals surface area contributed by atoms with Crippen molar-refractivity contribution in [2.45, 2.75) is 91.4 Å². The Labute approximate surface area is 195 Å². The first kappa shape index (κ1) is 28.8. The standard InChI is InChI=1S/C8H13N2.3C5H10N.Ti/c1-4-5-8-6(2)9-10-7(8)3;3*1-2-4-6-5-3-1;/h4-5H2,1-3H3;3*1-5H2;/q4*-1;+4. The second kappa shape index (κ2) is 21.1. The van der Waals surface area contributed by atoms with Crippen molar-refractivity contribution in [1.82, 2.24) is 10.2 Å². The molecule has 0 atom stereocenters. The van der Waals surface area contributed by atoms with Crippen molar-refractivity contribution >= 4 is 0 Å². The molecule has 0 saturated carbocycles. The van der Waals surface area contributed by atoms with E-state index in [4.69, 9.17) is 0 Å². The zero-order chi connectivity index (χ0) is 20.3. The van der Waals surface area contributed by atoms with Gasteiger partial charge in [-0.05, 0) is 18.9 Å². The van der Waals surface area contributed by atoms with Crippen LogP contribution in [0.15, 0.2) is 0 Å². The van der Waals surface area contributed by atoms with E-state index >= 15 is 0 Å². The van der Waals surface area contributed by atoms with Gasteiger partial charge in [0, 0.05) is 5.69 Å². The van der Waals surface area contributed by atoms with E-state index in [2.05, 4.69) is 33.1 Å². The minimum Gasteiger partial charge on any atom is -0.662 e. The van der Waals surface area contributed by atoms with Gasteiger partial charge in [-0.25, -0.2) is 0 Å². The Morgan fingerprint density at radius 3 is 1.21 bits per heavy atom. The molecule has 0 aliphatic carbocycles. The minimum atomic E-state index is 0.